The summed E-state index contributed by atoms with van der Waals surface area (Å²) < 4.78 is 201. The molecule has 0 aliphatic carbocycles. The number of hydrogen-bond acceptors (Lipinski definition) is 18. The van der Waals surface area contributed by atoms with Gasteiger partial charge < -0.3 is 60.1 Å². The maximum absolute atomic E-state index is 15.0. The summed E-state index contributed by atoms with van der Waals surface area (Å²) >= 11 is 0. The highest BCUT2D eigenvalue weighted by atomic mass is 19.4. The Labute approximate surface area is 628 Å². The van der Waals surface area contributed by atoms with Gasteiger partial charge in [-0.2, -0.15) is 65.3 Å². The van der Waals surface area contributed by atoms with E-state index in [0.29, 0.717) is 81.2 Å². The number of nitrogens with zero attached hydrogens (tertiary/aromatic N) is 18. The van der Waals surface area contributed by atoms with Gasteiger partial charge in [-0.3, -0.25) is 9.59 Å². The summed E-state index contributed by atoms with van der Waals surface area (Å²) in [6.07, 6.45) is -4.60. The molecule has 0 saturated heterocycles. The summed E-state index contributed by atoms with van der Waals surface area (Å²) in [5.41, 5.74) is 5.69. The van der Waals surface area contributed by atoms with Gasteiger partial charge in [-0.15, -0.1) is 0 Å². The molecule has 13 rings (SSSR count). The third-order valence-electron chi connectivity index (χ3n) is 15.8. The Morgan fingerprint density at radius 3 is 1.16 bits per heavy atom. The van der Waals surface area contributed by atoms with Gasteiger partial charge in [0, 0.05) is 90.6 Å². The van der Waals surface area contributed by atoms with Gasteiger partial charge in [-0.05, 0) is 133 Å². The number of alkyl halides is 9. The molecule has 0 unspecified atom stereocenters. The minimum absolute atomic E-state index is 0.0184. The molecule has 0 spiro atoms. The van der Waals surface area contributed by atoms with Crippen molar-refractivity contribution in [1.29, 1.82) is 10.5 Å². The molecular weight excluding hydrogens is 1520 g/mol. The van der Waals surface area contributed by atoms with Gasteiger partial charge in [0.05, 0.1) is 70.3 Å². The molecule has 0 atom stereocenters. The monoisotopic (exact) mass is 1580 g/mol. The summed E-state index contributed by atoms with van der Waals surface area (Å²) in [4.78, 5) is 55.6. The number of rotatable bonds is 17. The first-order valence-electron chi connectivity index (χ1n) is 32.4. The first-order valence-corrected chi connectivity index (χ1v) is 32.4. The van der Waals surface area contributed by atoms with Gasteiger partial charge >= 0.3 is 24.5 Å². The zero-order chi connectivity index (χ0) is 82.3. The first-order chi connectivity index (χ1) is 53.3. The van der Waals surface area contributed by atoms with Crippen molar-refractivity contribution in [3.8, 4) is 46.3 Å². The van der Waals surface area contributed by atoms with Crippen LogP contribution >= 0.6 is 0 Å². The lowest BCUT2D eigenvalue weighted by atomic mass is 10.2. The zero-order valence-corrected chi connectivity index (χ0v) is 59.3. The number of carboxylic acids is 1. The largest absolute Gasteiger partial charge is 0.477 e. The number of fused-ring (bicyclic) bond motifs is 1. The van der Waals surface area contributed by atoms with E-state index >= 15 is 4.39 Å². The van der Waals surface area contributed by atoms with E-state index < -0.39 is 111 Å². The van der Waals surface area contributed by atoms with Crippen molar-refractivity contribution in [2.75, 3.05) is 64.4 Å². The van der Waals surface area contributed by atoms with Crippen molar-refractivity contribution in [3.63, 3.8) is 0 Å². The topological polar surface area (TPSA) is 338 Å². The van der Waals surface area contributed by atoms with Crippen LogP contribution in [0.4, 0.5) is 84.3 Å². The van der Waals surface area contributed by atoms with Crippen LogP contribution in [0.2, 0.25) is 0 Å². The van der Waals surface area contributed by atoms with Crippen molar-refractivity contribution in [2.24, 2.45) is 0 Å². The number of carboxylic acid groups (broad SMARTS) is 1. The molecule has 0 saturated carbocycles. The van der Waals surface area contributed by atoms with Crippen LogP contribution in [0.3, 0.4) is 0 Å². The number of nitriles is 2. The van der Waals surface area contributed by atoms with Crippen molar-refractivity contribution in [2.45, 2.75) is 38.2 Å². The smallest absolute Gasteiger partial charge is 0.435 e. The number of nitrogens with one attached hydrogen (secondary N) is 2. The SMILES string of the molecule is CN(C)Cc1nccn1-c1ccc(N)c(F)c1.CN(C)Cc1nccn1-c1ccc(NC(=O)c2cc(C(F)(F)F)nn2-c2ccc(F)c(C#N)c2)c(F)c1.CN(C)Cc1nccn1-c1ccc(NC(=O)c2cc(C(F)(F)F)nn2-c2ccc3onc(N)c3c2)c(F)c1.N#Cc1cc(-n2nc(C(F)(F)F)cc2C(=O)O)ccc1F. The van der Waals surface area contributed by atoms with E-state index in [-0.39, 0.29) is 39.9 Å². The van der Waals surface area contributed by atoms with Crippen LogP contribution in [0, 0.1) is 51.7 Å². The van der Waals surface area contributed by atoms with E-state index in [1.807, 2.05) is 67.7 Å². The van der Waals surface area contributed by atoms with Crippen LogP contribution in [-0.4, -0.2) is 143 Å². The number of amides is 2. The lowest BCUT2D eigenvalue weighted by Crippen LogP contribution is -2.18. The molecule has 584 valence electrons. The van der Waals surface area contributed by atoms with Crippen LogP contribution in [0.15, 0.2) is 169 Å². The average molecular weight is 1580 g/mol. The minimum atomic E-state index is -4.90. The number of nitrogens with two attached hydrogens (primary N) is 2. The van der Waals surface area contributed by atoms with Crippen LogP contribution in [-0.2, 0) is 38.2 Å². The molecule has 0 fully saturated rings. The standard InChI is InChI=1S/C24H18F5N7O.C24H20F4N8O2.C12H5F4N3O2.C12H15FN4/c1-34(2)13-22-31-7-8-35(22)15-4-6-19(18(26)10-15)32-23(37)20-11-21(24(27,28)29)33-36(20)16-3-5-17(25)14(9-16)12-30;1-34(2)12-21-30-7-8-35(21)13-3-5-17(16(25)10-13)31-23(37)18-11-20(24(26,27)28)32-36(18)14-4-6-19-15(9-14)22(29)33-38-19;13-8-2-1-7(3-6(8)5-17)19-9(11(20)21)4-10(18-19)12(14,15)16;1-16(2)8-12-15-5-6-17(12)9-3-4-11(14)10(13)7-9/h3-11H,13H2,1-2H3,(H,32,37);3-11H,12H2,1-2H3,(H2,29,33)(H,31,37);1-4H,(H,20,21);3-7H,8,14H2,1-2H3. The Morgan fingerprint density at radius 1 is 0.460 bits per heavy atom. The number of carbonyl (C=O) groups excluding carboxylic acids is 2. The average Bonchev–Trinajstić information content (AvgIpc) is 1.63. The van der Waals surface area contributed by atoms with Gasteiger partial charge in [0.25, 0.3) is 11.8 Å². The quantitative estimate of drug-likeness (QED) is 0.0417. The van der Waals surface area contributed by atoms with E-state index in [0.717, 1.165) is 58.7 Å². The molecule has 0 aliphatic heterocycles. The zero-order valence-electron chi connectivity index (χ0n) is 59.3. The number of hydrogen-bond donors (Lipinski definition) is 5. The number of imidazole rings is 3. The second-order valence-electron chi connectivity index (χ2n) is 24.9. The van der Waals surface area contributed by atoms with E-state index in [4.69, 9.17) is 31.6 Å². The molecule has 2 amide bonds. The normalized spacial score (nSPS) is 11.5. The molecule has 113 heavy (non-hydrogen) atoms. The Hall–Kier alpha value is -14.1. The maximum Gasteiger partial charge on any atom is 0.435 e. The predicted molar refractivity (Wildman–Crippen MR) is 377 cm³/mol. The van der Waals surface area contributed by atoms with Crippen molar-refractivity contribution in [3.05, 3.63) is 256 Å². The molecule has 0 aliphatic rings. The molecular formula is C72H58F14N22O5. The van der Waals surface area contributed by atoms with Crippen LogP contribution in [0.1, 0.15) is 77.1 Å². The minimum Gasteiger partial charge on any atom is -0.477 e. The number of nitrogen functional groups attached to an aromatic ring is 2. The van der Waals surface area contributed by atoms with E-state index in [1.54, 1.807) is 64.4 Å². The molecule has 13 aromatic rings. The Balaban J connectivity index is 0.000000168. The van der Waals surface area contributed by atoms with E-state index in [1.165, 1.54) is 54.6 Å². The molecule has 41 heteroatoms. The predicted octanol–water partition coefficient (Wildman–Crippen LogP) is 13.0. The first kappa shape index (κ1) is 81.5. The highest BCUT2D eigenvalue weighted by Gasteiger charge is 2.39. The van der Waals surface area contributed by atoms with Gasteiger partial charge in [-0.25, -0.2) is 55.7 Å². The number of carbonyl (C=O) groups is 3. The van der Waals surface area contributed by atoms with Crippen molar-refractivity contribution in [1.82, 2.24) is 77.9 Å². The summed E-state index contributed by atoms with van der Waals surface area (Å²) in [5, 5.41) is 45.3. The van der Waals surface area contributed by atoms with Crippen LogP contribution in [0.25, 0.3) is 45.1 Å². The fraction of sp³-hybridized carbons (Fsp3) is 0.167. The summed E-state index contributed by atoms with van der Waals surface area (Å²) in [6, 6.07) is 27.1. The van der Waals surface area contributed by atoms with Crippen molar-refractivity contribution >= 4 is 51.6 Å². The van der Waals surface area contributed by atoms with Gasteiger partial charge in [-0.1, -0.05) is 5.16 Å². The van der Waals surface area contributed by atoms with Crippen LogP contribution in [0.5, 0.6) is 0 Å². The van der Waals surface area contributed by atoms with Crippen molar-refractivity contribution < 1.29 is 85.5 Å². The Morgan fingerprint density at radius 2 is 0.805 bits per heavy atom. The Kier molecular flexibility index (Phi) is 24.1. The summed E-state index contributed by atoms with van der Waals surface area (Å²) in [5.74, 6) is -5.37. The number of aromatic carboxylic acids is 1. The van der Waals surface area contributed by atoms with E-state index in [2.05, 4.69) is 46.0 Å². The third-order valence-corrected chi connectivity index (χ3v) is 15.8. The lowest BCUT2D eigenvalue weighted by Gasteiger charge is -2.13. The molecule has 0 radical (unpaired) electrons. The molecule has 7 aromatic heterocycles. The third kappa shape index (κ3) is 19.2. The number of anilines is 4. The molecule has 7 heterocycles. The van der Waals surface area contributed by atoms with Gasteiger partial charge in [0.15, 0.2) is 34.2 Å². The fourth-order valence-electron chi connectivity index (χ4n) is 10.6. The molecule has 6 aromatic carbocycles. The van der Waals surface area contributed by atoms with Gasteiger partial charge in [0.2, 0.25) is 0 Å². The van der Waals surface area contributed by atoms with E-state index in [9.17, 15) is 71.5 Å². The van der Waals surface area contributed by atoms with Gasteiger partial charge in [0.1, 0.15) is 70.1 Å². The number of halogens is 14. The Bertz CT molecular complexity index is 5770. The summed E-state index contributed by atoms with van der Waals surface area (Å²) in [7, 11) is 11.4. The lowest BCUT2D eigenvalue weighted by molar-refractivity contribution is -0.142. The molecule has 0 bridgehead atoms. The fourth-order valence-corrected chi connectivity index (χ4v) is 10.6. The highest BCUT2D eigenvalue weighted by Crippen LogP contribution is 2.35. The second-order valence-corrected chi connectivity index (χ2v) is 24.9. The number of benzene rings is 6. The molecule has 27 nitrogen and oxygen atoms in total. The molecule has 7 N–H and O–H groups in total. The number of aromatic nitrogens is 13. The maximum atomic E-state index is 15.0. The second kappa shape index (κ2) is 33.4. The van der Waals surface area contributed by atoms with Crippen LogP contribution < -0.4 is 22.1 Å². The highest BCUT2D eigenvalue weighted by molar-refractivity contribution is 6.04. The summed E-state index contributed by atoms with van der Waals surface area (Å²) in [6.45, 7) is 1.68.